The van der Waals surface area contributed by atoms with Crippen LogP contribution in [0.15, 0.2) is 24.4 Å². The second-order valence-corrected chi connectivity index (χ2v) is 6.50. The second kappa shape index (κ2) is 5.34. The topological polar surface area (TPSA) is 99.5 Å². The van der Waals surface area contributed by atoms with Gasteiger partial charge in [0, 0.05) is 35.8 Å². The van der Waals surface area contributed by atoms with Crippen molar-refractivity contribution in [1.29, 1.82) is 0 Å². The highest BCUT2D eigenvalue weighted by Gasteiger charge is 2.39. The van der Waals surface area contributed by atoms with E-state index in [4.69, 9.17) is 0 Å². The summed E-state index contributed by atoms with van der Waals surface area (Å²) in [4.78, 5) is 28.0. The van der Waals surface area contributed by atoms with Crippen LogP contribution in [-0.4, -0.2) is 44.0 Å². The van der Waals surface area contributed by atoms with E-state index in [-0.39, 0.29) is 17.6 Å². The Morgan fingerprint density at radius 1 is 1.48 bits per heavy atom. The standard InChI is InChI=1S/C16H19N3O4/c1-16(2,21)14-4-3-7-18(14)15(20)12-9-17-13-6-5-10(19(22)23)8-11(12)13/h5-6,8-9,14,17,21H,3-4,7H2,1-2H3. The minimum Gasteiger partial charge on any atom is -0.388 e. The van der Waals surface area contributed by atoms with Crippen molar-refractivity contribution in [3.8, 4) is 0 Å². The predicted octanol–water partition coefficient (Wildman–Crippen LogP) is 2.45. The minimum absolute atomic E-state index is 0.0494. The Kier molecular flexibility index (Phi) is 3.60. The zero-order valence-corrected chi connectivity index (χ0v) is 13.1. The number of nitrogens with zero attached hydrogens (tertiary/aromatic N) is 2. The van der Waals surface area contributed by atoms with E-state index in [1.54, 1.807) is 31.0 Å². The Hall–Kier alpha value is -2.41. The monoisotopic (exact) mass is 317 g/mol. The molecular formula is C16H19N3O4. The first-order chi connectivity index (χ1) is 10.8. The molecule has 122 valence electrons. The van der Waals surface area contributed by atoms with Gasteiger partial charge in [0.2, 0.25) is 0 Å². The first kappa shape index (κ1) is 15.5. The number of nitro groups is 1. The molecule has 1 aliphatic heterocycles. The summed E-state index contributed by atoms with van der Waals surface area (Å²) in [5, 5.41) is 21.8. The molecule has 1 amide bonds. The van der Waals surface area contributed by atoms with Crippen LogP contribution in [0.5, 0.6) is 0 Å². The molecule has 2 N–H and O–H groups in total. The Bertz CT molecular complexity index is 775. The third-order valence-corrected chi connectivity index (χ3v) is 4.44. The van der Waals surface area contributed by atoms with Gasteiger partial charge in [-0.15, -0.1) is 0 Å². The summed E-state index contributed by atoms with van der Waals surface area (Å²) in [7, 11) is 0. The van der Waals surface area contributed by atoms with E-state index in [1.165, 1.54) is 12.1 Å². The lowest BCUT2D eigenvalue weighted by Crippen LogP contribution is -2.48. The number of nitro benzene ring substituents is 1. The summed E-state index contributed by atoms with van der Waals surface area (Å²) < 4.78 is 0. The van der Waals surface area contributed by atoms with Gasteiger partial charge in [0.15, 0.2) is 0 Å². The van der Waals surface area contributed by atoms with Gasteiger partial charge in [0.05, 0.1) is 22.1 Å². The molecule has 2 heterocycles. The molecule has 1 atom stereocenters. The predicted molar refractivity (Wildman–Crippen MR) is 85.3 cm³/mol. The van der Waals surface area contributed by atoms with Crippen LogP contribution in [0.4, 0.5) is 5.69 Å². The lowest BCUT2D eigenvalue weighted by atomic mass is 9.96. The van der Waals surface area contributed by atoms with Crippen LogP contribution in [0.2, 0.25) is 0 Å². The average Bonchev–Trinajstić information content (AvgIpc) is 3.12. The van der Waals surface area contributed by atoms with Crippen LogP contribution in [0.25, 0.3) is 10.9 Å². The van der Waals surface area contributed by atoms with Crippen molar-refractivity contribution >= 4 is 22.5 Å². The van der Waals surface area contributed by atoms with Crippen molar-refractivity contribution in [2.45, 2.75) is 38.3 Å². The van der Waals surface area contributed by atoms with Crippen molar-refractivity contribution < 1.29 is 14.8 Å². The molecule has 0 aliphatic carbocycles. The highest BCUT2D eigenvalue weighted by molar-refractivity contribution is 6.07. The van der Waals surface area contributed by atoms with Crippen molar-refractivity contribution in [3.63, 3.8) is 0 Å². The molecule has 1 aliphatic rings. The summed E-state index contributed by atoms with van der Waals surface area (Å²) in [6.07, 6.45) is 3.16. The summed E-state index contributed by atoms with van der Waals surface area (Å²) in [6, 6.07) is 4.16. The quantitative estimate of drug-likeness (QED) is 0.671. The molecule has 1 aromatic heterocycles. The molecule has 2 aromatic rings. The van der Waals surface area contributed by atoms with Crippen LogP contribution >= 0.6 is 0 Å². The fourth-order valence-electron chi connectivity index (χ4n) is 3.30. The van der Waals surface area contributed by atoms with Crippen molar-refractivity contribution in [3.05, 3.63) is 40.1 Å². The number of nitrogens with one attached hydrogen (secondary N) is 1. The fraction of sp³-hybridized carbons (Fsp3) is 0.438. The highest BCUT2D eigenvalue weighted by Crippen LogP contribution is 2.31. The Labute approximate surface area is 133 Å². The number of benzene rings is 1. The summed E-state index contributed by atoms with van der Waals surface area (Å²) in [5.41, 5.74) is 0.0500. The molecule has 0 saturated carbocycles. The van der Waals surface area contributed by atoms with Gasteiger partial charge in [-0.2, -0.15) is 0 Å². The van der Waals surface area contributed by atoms with Crippen LogP contribution in [-0.2, 0) is 0 Å². The smallest absolute Gasteiger partial charge is 0.270 e. The summed E-state index contributed by atoms with van der Waals surface area (Å²) >= 11 is 0. The lowest BCUT2D eigenvalue weighted by molar-refractivity contribution is -0.384. The number of carbonyl (C=O) groups excluding carboxylic acids is 1. The Morgan fingerprint density at radius 2 is 2.22 bits per heavy atom. The highest BCUT2D eigenvalue weighted by atomic mass is 16.6. The van der Waals surface area contributed by atoms with Crippen LogP contribution in [0.3, 0.4) is 0 Å². The summed E-state index contributed by atoms with van der Waals surface area (Å²) in [5.74, 6) is -0.207. The number of hydrogen-bond acceptors (Lipinski definition) is 4. The molecule has 0 radical (unpaired) electrons. The molecule has 23 heavy (non-hydrogen) atoms. The van der Waals surface area contributed by atoms with E-state index in [9.17, 15) is 20.0 Å². The molecule has 1 aromatic carbocycles. The molecule has 1 unspecified atom stereocenters. The second-order valence-electron chi connectivity index (χ2n) is 6.50. The van der Waals surface area contributed by atoms with Gasteiger partial charge >= 0.3 is 0 Å². The molecule has 0 bridgehead atoms. The molecule has 3 rings (SSSR count). The number of H-pyrrole nitrogens is 1. The average molecular weight is 317 g/mol. The number of amides is 1. The fourth-order valence-corrected chi connectivity index (χ4v) is 3.30. The number of aromatic amines is 1. The van der Waals surface area contributed by atoms with Crippen LogP contribution < -0.4 is 0 Å². The maximum atomic E-state index is 12.9. The number of aromatic nitrogens is 1. The van der Waals surface area contributed by atoms with Crippen molar-refractivity contribution in [1.82, 2.24) is 9.88 Å². The van der Waals surface area contributed by atoms with E-state index in [0.29, 0.717) is 23.0 Å². The largest absolute Gasteiger partial charge is 0.388 e. The molecule has 7 nitrogen and oxygen atoms in total. The van der Waals surface area contributed by atoms with E-state index in [0.717, 1.165) is 12.8 Å². The van der Waals surface area contributed by atoms with Crippen LogP contribution in [0, 0.1) is 10.1 Å². The maximum absolute atomic E-state index is 12.9. The van der Waals surface area contributed by atoms with Gasteiger partial charge in [0.25, 0.3) is 11.6 Å². The summed E-state index contributed by atoms with van der Waals surface area (Å²) in [6.45, 7) is 3.97. The van der Waals surface area contributed by atoms with Crippen LogP contribution in [0.1, 0.15) is 37.0 Å². The van der Waals surface area contributed by atoms with E-state index >= 15 is 0 Å². The molecule has 1 fully saturated rings. The first-order valence-electron chi connectivity index (χ1n) is 7.58. The number of non-ortho nitro benzene ring substituents is 1. The van der Waals surface area contributed by atoms with Gasteiger partial charge in [-0.3, -0.25) is 14.9 Å². The zero-order chi connectivity index (χ0) is 16.8. The van der Waals surface area contributed by atoms with E-state index in [1.807, 2.05) is 0 Å². The number of hydrogen-bond donors (Lipinski definition) is 2. The number of likely N-dealkylation sites (tertiary alicyclic amines) is 1. The van der Waals surface area contributed by atoms with Gasteiger partial charge in [-0.1, -0.05) is 0 Å². The molecule has 0 spiro atoms. The first-order valence-corrected chi connectivity index (χ1v) is 7.58. The molecular weight excluding hydrogens is 298 g/mol. The van der Waals surface area contributed by atoms with E-state index < -0.39 is 10.5 Å². The third kappa shape index (κ3) is 2.68. The normalized spacial score (nSPS) is 18.6. The lowest BCUT2D eigenvalue weighted by Gasteiger charge is -2.33. The number of carbonyl (C=O) groups is 1. The molecule has 7 heteroatoms. The van der Waals surface area contributed by atoms with Gasteiger partial charge < -0.3 is 15.0 Å². The number of fused-ring (bicyclic) bond motifs is 1. The minimum atomic E-state index is -0.982. The number of rotatable bonds is 3. The number of aliphatic hydroxyl groups is 1. The zero-order valence-electron chi connectivity index (χ0n) is 13.1. The third-order valence-electron chi connectivity index (χ3n) is 4.44. The van der Waals surface area contributed by atoms with E-state index in [2.05, 4.69) is 4.98 Å². The maximum Gasteiger partial charge on any atom is 0.270 e. The van der Waals surface area contributed by atoms with Crippen molar-refractivity contribution in [2.24, 2.45) is 0 Å². The Balaban J connectivity index is 2.01. The SMILES string of the molecule is CC(C)(O)C1CCCN1C(=O)c1c[nH]c2ccc([N+](=O)[O-])cc12. The van der Waals surface area contributed by atoms with Gasteiger partial charge in [-0.25, -0.2) is 0 Å². The van der Waals surface area contributed by atoms with Gasteiger partial charge in [-0.05, 0) is 32.8 Å². The Morgan fingerprint density at radius 3 is 2.87 bits per heavy atom. The van der Waals surface area contributed by atoms with Gasteiger partial charge in [0.1, 0.15) is 0 Å². The molecule has 1 saturated heterocycles. The van der Waals surface area contributed by atoms with Crippen molar-refractivity contribution in [2.75, 3.05) is 6.54 Å².